The van der Waals surface area contributed by atoms with Gasteiger partial charge in [-0.15, -0.1) is 0 Å². The number of carbonyl (C=O) groups excluding carboxylic acids is 2. The number of hydrogen-bond acceptors (Lipinski definition) is 7. The number of carbonyl (C=O) groups is 2. The predicted octanol–water partition coefficient (Wildman–Crippen LogP) is 4.85. The summed E-state index contributed by atoms with van der Waals surface area (Å²) in [6.45, 7) is 1.63. The highest BCUT2D eigenvalue weighted by molar-refractivity contribution is 9.10. The second-order valence-electron chi connectivity index (χ2n) is 8.68. The van der Waals surface area contributed by atoms with E-state index in [1.54, 1.807) is 0 Å². The van der Waals surface area contributed by atoms with Gasteiger partial charge in [-0.05, 0) is 57.1 Å². The summed E-state index contributed by atoms with van der Waals surface area (Å²) in [5, 5.41) is 27.4. The molecule has 0 unspecified atom stereocenters. The Morgan fingerprint density at radius 3 is 2.18 bits per heavy atom. The van der Waals surface area contributed by atoms with E-state index in [0.717, 1.165) is 28.3 Å². The monoisotopic (exact) mass is 582 g/mol. The van der Waals surface area contributed by atoms with Crippen LogP contribution in [0, 0.1) is 20.2 Å². The Balaban J connectivity index is 1.30. The highest BCUT2D eigenvalue weighted by atomic mass is 79.9. The van der Waals surface area contributed by atoms with Gasteiger partial charge in [-0.1, -0.05) is 48.5 Å². The maximum atomic E-state index is 12.5. The molecule has 1 aliphatic rings. The van der Waals surface area contributed by atoms with Crippen LogP contribution in [0.4, 0.5) is 16.2 Å². The lowest BCUT2D eigenvalue weighted by atomic mass is 9.98. The van der Waals surface area contributed by atoms with Crippen LogP contribution in [0.3, 0.4) is 0 Å². The fraction of sp³-hybridized carbons (Fsp3) is 0.231. The molecule has 4 rings (SSSR count). The fourth-order valence-electron chi connectivity index (χ4n) is 4.43. The molecule has 38 heavy (non-hydrogen) atoms. The molecule has 1 aliphatic carbocycles. The number of nitrogens with zero attached hydrogens (tertiary/aromatic N) is 2. The maximum Gasteiger partial charge on any atom is 0.407 e. The average Bonchev–Trinajstić information content (AvgIpc) is 3.21. The minimum absolute atomic E-state index is 0.0342. The summed E-state index contributed by atoms with van der Waals surface area (Å²) >= 11 is 3.11. The van der Waals surface area contributed by atoms with Crippen LogP contribution in [0.1, 0.15) is 29.5 Å². The standard InChI is InChI=1S/C26H23BrN4O7/c1-15(25(32)28-11-10-16-12-17(30(34)35)13-23(24(16)27)31(36)37)29-26(33)38-14-22-20-8-4-2-6-18(20)19-7-3-5-9-21(19)22/h2-9,12-13,15,22H,10-11,14H2,1H3,(H,28,32)(H,29,33)/t15-/m0/s1. The van der Waals surface area contributed by atoms with Crippen LogP contribution in [0.2, 0.25) is 0 Å². The van der Waals surface area contributed by atoms with E-state index in [-0.39, 0.29) is 30.0 Å². The Morgan fingerprint density at radius 1 is 1.00 bits per heavy atom. The third-order valence-electron chi connectivity index (χ3n) is 6.29. The lowest BCUT2D eigenvalue weighted by Crippen LogP contribution is -2.45. The van der Waals surface area contributed by atoms with Gasteiger partial charge in [0.2, 0.25) is 5.91 Å². The quantitative estimate of drug-likeness (QED) is 0.270. The number of alkyl carbamates (subject to hydrolysis) is 1. The van der Waals surface area contributed by atoms with Gasteiger partial charge in [0.25, 0.3) is 11.4 Å². The lowest BCUT2D eigenvalue weighted by Gasteiger charge is -2.17. The number of halogens is 1. The van der Waals surface area contributed by atoms with Crippen LogP contribution in [0.15, 0.2) is 65.1 Å². The van der Waals surface area contributed by atoms with Crippen molar-refractivity contribution < 1.29 is 24.2 Å². The first-order chi connectivity index (χ1) is 18.2. The molecule has 0 spiro atoms. The number of benzene rings is 3. The molecule has 0 bridgehead atoms. The first-order valence-electron chi connectivity index (χ1n) is 11.7. The number of rotatable bonds is 9. The topological polar surface area (TPSA) is 154 Å². The van der Waals surface area contributed by atoms with Gasteiger partial charge < -0.3 is 15.4 Å². The van der Waals surface area contributed by atoms with Gasteiger partial charge in [-0.2, -0.15) is 0 Å². The van der Waals surface area contributed by atoms with E-state index in [1.807, 2.05) is 48.5 Å². The summed E-state index contributed by atoms with van der Waals surface area (Å²) in [7, 11) is 0. The van der Waals surface area contributed by atoms with Gasteiger partial charge in [0.1, 0.15) is 12.6 Å². The number of amides is 2. The van der Waals surface area contributed by atoms with Gasteiger partial charge in [0, 0.05) is 18.5 Å². The molecule has 0 heterocycles. The van der Waals surface area contributed by atoms with Crippen LogP contribution in [0.5, 0.6) is 0 Å². The molecule has 0 aromatic heterocycles. The molecule has 12 heteroatoms. The molecular weight excluding hydrogens is 560 g/mol. The van der Waals surface area contributed by atoms with Gasteiger partial charge in [0.15, 0.2) is 0 Å². The number of ether oxygens (including phenoxy) is 1. The molecule has 3 aromatic carbocycles. The molecule has 11 nitrogen and oxygen atoms in total. The molecule has 196 valence electrons. The van der Waals surface area contributed by atoms with Gasteiger partial charge in [-0.3, -0.25) is 25.0 Å². The first-order valence-corrected chi connectivity index (χ1v) is 12.5. The van der Waals surface area contributed by atoms with Crippen LogP contribution < -0.4 is 10.6 Å². The zero-order valence-electron chi connectivity index (χ0n) is 20.2. The number of nitro benzene ring substituents is 2. The molecular formula is C26H23BrN4O7. The predicted molar refractivity (Wildman–Crippen MR) is 142 cm³/mol. The zero-order chi connectivity index (χ0) is 27.4. The molecule has 0 fully saturated rings. The summed E-state index contributed by atoms with van der Waals surface area (Å²) in [4.78, 5) is 45.8. The van der Waals surface area contributed by atoms with Gasteiger partial charge in [0.05, 0.1) is 20.4 Å². The Hall–Kier alpha value is -4.32. The third kappa shape index (κ3) is 5.65. The Kier molecular flexibility index (Phi) is 8.01. The molecule has 0 saturated carbocycles. The number of nitro groups is 2. The summed E-state index contributed by atoms with van der Waals surface area (Å²) in [6, 6.07) is 17.0. The highest BCUT2D eigenvalue weighted by Gasteiger charge is 2.29. The minimum atomic E-state index is -0.923. The van der Waals surface area contributed by atoms with Crippen molar-refractivity contribution in [3.05, 3.63) is 102 Å². The number of nitrogens with one attached hydrogen (secondary N) is 2. The molecule has 0 aliphatic heterocycles. The zero-order valence-corrected chi connectivity index (χ0v) is 21.8. The number of hydrogen-bond donors (Lipinski definition) is 2. The average molecular weight is 583 g/mol. The summed E-state index contributed by atoms with van der Waals surface area (Å²) in [5.74, 6) is -0.621. The minimum Gasteiger partial charge on any atom is -0.449 e. The van der Waals surface area contributed by atoms with Crippen molar-refractivity contribution >= 4 is 39.3 Å². The van der Waals surface area contributed by atoms with Crippen molar-refractivity contribution in [2.45, 2.75) is 25.3 Å². The van der Waals surface area contributed by atoms with Crippen molar-refractivity contribution in [1.29, 1.82) is 0 Å². The van der Waals surface area contributed by atoms with Crippen molar-refractivity contribution in [3.8, 4) is 11.1 Å². The number of non-ortho nitro benzene ring substituents is 1. The molecule has 0 radical (unpaired) electrons. The molecule has 2 amide bonds. The van der Waals surface area contributed by atoms with Crippen LogP contribution in [-0.2, 0) is 16.0 Å². The molecule has 3 aromatic rings. The summed E-state index contributed by atoms with van der Waals surface area (Å²) < 4.78 is 5.56. The van der Waals surface area contributed by atoms with Crippen molar-refractivity contribution in [1.82, 2.24) is 10.6 Å². The normalized spacial score (nSPS) is 12.7. The van der Waals surface area contributed by atoms with Crippen molar-refractivity contribution in [2.75, 3.05) is 13.2 Å². The van der Waals surface area contributed by atoms with Crippen LogP contribution in [0.25, 0.3) is 11.1 Å². The van der Waals surface area contributed by atoms with E-state index in [9.17, 15) is 29.8 Å². The van der Waals surface area contributed by atoms with E-state index in [1.165, 1.54) is 13.0 Å². The second-order valence-corrected chi connectivity index (χ2v) is 9.48. The molecule has 1 atom stereocenters. The second kappa shape index (κ2) is 11.4. The highest BCUT2D eigenvalue weighted by Crippen LogP contribution is 2.44. The van der Waals surface area contributed by atoms with Crippen molar-refractivity contribution in [2.24, 2.45) is 0 Å². The summed E-state index contributed by atoms with van der Waals surface area (Å²) in [6.07, 6.45) is -0.654. The SMILES string of the molecule is C[C@H](NC(=O)OCC1c2ccccc2-c2ccccc21)C(=O)NCCc1cc([N+](=O)[O-])cc([N+](=O)[O-])c1Br. The Labute approximate surface area is 225 Å². The molecule has 0 saturated heterocycles. The van der Waals surface area contributed by atoms with Gasteiger partial charge in [-0.25, -0.2) is 4.79 Å². The van der Waals surface area contributed by atoms with Crippen LogP contribution >= 0.6 is 15.9 Å². The maximum absolute atomic E-state index is 12.5. The molecule has 2 N–H and O–H groups in total. The van der Waals surface area contributed by atoms with E-state index in [2.05, 4.69) is 26.6 Å². The third-order valence-corrected chi connectivity index (χ3v) is 7.20. The van der Waals surface area contributed by atoms with Gasteiger partial charge >= 0.3 is 6.09 Å². The smallest absolute Gasteiger partial charge is 0.407 e. The summed E-state index contributed by atoms with van der Waals surface area (Å²) in [5.41, 5.74) is 3.77. The van der Waals surface area contributed by atoms with E-state index in [0.29, 0.717) is 5.56 Å². The largest absolute Gasteiger partial charge is 0.449 e. The fourth-order valence-corrected chi connectivity index (χ4v) is 5.00. The lowest BCUT2D eigenvalue weighted by molar-refractivity contribution is -0.394. The number of fused-ring (bicyclic) bond motifs is 3. The van der Waals surface area contributed by atoms with E-state index < -0.39 is 39.3 Å². The van der Waals surface area contributed by atoms with E-state index >= 15 is 0 Å². The van der Waals surface area contributed by atoms with Crippen molar-refractivity contribution in [3.63, 3.8) is 0 Å². The Morgan fingerprint density at radius 2 is 1.61 bits per heavy atom. The van der Waals surface area contributed by atoms with Crippen LogP contribution in [-0.4, -0.2) is 41.0 Å². The Bertz CT molecular complexity index is 1380. The van der Waals surface area contributed by atoms with E-state index in [4.69, 9.17) is 4.74 Å². The first kappa shape index (κ1) is 26.7.